The van der Waals surface area contributed by atoms with E-state index in [9.17, 15) is 13.2 Å². The molecule has 0 aliphatic carbocycles. The smallest absolute Gasteiger partial charge is 0.314 e. The third-order valence-electron chi connectivity index (χ3n) is 3.61. The van der Waals surface area contributed by atoms with Crippen LogP contribution in [0.2, 0.25) is 0 Å². The Labute approximate surface area is 121 Å². The molecule has 1 atom stereocenters. The number of urea groups is 1. The number of hydrogen-bond donors (Lipinski definition) is 2. The Hall–Kier alpha value is -1.69. The van der Waals surface area contributed by atoms with Crippen molar-refractivity contribution in [2.24, 2.45) is 7.05 Å². The van der Waals surface area contributed by atoms with Crippen LogP contribution in [0.5, 0.6) is 0 Å². The Balaban J connectivity index is 2.05. The van der Waals surface area contributed by atoms with E-state index in [-0.39, 0.29) is 0 Å². The Bertz CT molecular complexity index is 699. The summed E-state index contributed by atoms with van der Waals surface area (Å²) in [6.07, 6.45) is 0. The maximum Gasteiger partial charge on any atom is 0.418 e. The van der Waals surface area contributed by atoms with Gasteiger partial charge >= 0.3 is 16.4 Å². The second-order valence-electron chi connectivity index (χ2n) is 4.97. The van der Waals surface area contributed by atoms with E-state index in [0.717, 1.165) is 17.0 Å². The first-order valence-electron chi connectivity index (χ1n) is 6.26. The summed E-state index contributed by atoms with van der Waals surface area (Å²) in [5, 5.41) is 8.05. The van der Waals surface area contributed by atoms with Gasteiger partial charge in [0.05, 0.1) is 24.5 Å². The fourth-order valence-electron chi connectivity index (χ4n) is 2.85. The molecule has 1 aromatic heterocycles. The van der Waals surface area contributed by atoms with E-state index >= 15 is 0 Å². The fourth-order valence-corrected chi connectivity index (χ4v) is 3.22. The van der Waals surface area contributed by atoms with Gasteiger partial charge in [-0.15, -0.1) is 4.28 Å². The zero-order valence-electron chi connectivity index (χ0n) is 11.5. The van der Waals surface area contributed by atoms with Gasteiger partial charge in [-0.3, -0.25) is 9.23 Å². The predicted molar refractivity (Wildman–Crippen MR) is 69.0 cm³/mol. The van der Waals surface area contributed by atoms with E-state index in [1.165, 1.54) is 4.90 Å². The molecule has 10 nitrogen and oxygen atoms in total. The van der Waals surface area contributed by atoms with Crippen molar-refractivity contribution in [3.8, 4) is 0 Å². The highest BCUT2D eigenvalue weighted by Crippen LogP contribution is 2.39. The first kappa shape index (κ1) is 14.3. The van der Waals surface area contributed by atoms with Gasteiger partial charge in [-0.05, 0) is 7.05 Å². The van der Waals surface area contributed by atoms with Gasteiger partial charge in [-0.1, -0.05) is 0 Å². The van der Waals surface area contributed by atoms with E-state index in [4.69, 9.17) is 4.55 Å². The average Bonchev–Trinajstić information content (AvgIpc) is 2.81. The summed E-state index contributed by atoms with van der Waals surface area (Å²) in [4.78, 5) is 13.6. The number of hydrogen-bond acceptors (Lipinski definition) is 6. The van der Waals surface area contributed by atoms with Crippen molar-refractivity contribution in [2.75, 3.05) is 13.6 Å². The quantitative estimate of drug-likeness (QED) is 0.696. The number of nitrogens with one attached hydrogen (secondary N) is 1. The summed E-state index contributed by atoms with van der Waals surface area (Å²) < 4.78 is 36.8. The van der Waals surface area contributed by atoms with Gasteiger partial charge in [-0.2, -0.15) is 18.6 Å². The number of hydroxylamine groups is 2. The van der Waals surface area contributed by atoms with Crippen molar-refractivity contribution in [2.45, 2.75) is 19.1 Å². The maximum absolute atomic E-state index is 12.1. The largest absolute Gasteiger partial charge is 0.418 e. The summed E-state index contributed by atoms with van der Waals surface area (Å²) in [5.74, 6) is 0. The van der Waals surface area contributed by atoms with Crippen LogP contribution in [0.15, 0.2) is 0 Å². The van der Waals surface area contributed by atoms with Crippen molar-refractivity contribution >= 4 is 16.4 Å². The van der Waals surface area contributed by atoms with Crippen LogP contribution < -0.4 is 5.32 Å². The van der Waals surface area contributed by atoms with E-state index in [1.807, 2.05) is 0 Å². The van der Waals surface area contributed by atoms with Crippen LogP contribution in [0.4, 0.5) is 4.79 Å². The maximum atomic E-state index is 12.1. The Kier molecular flexibility index (Phi) is 3.16. The topological polar surface area (TPSA) is 117 Å². The summed E-state index contributed by atoms with van der Waals surface area (Å²) >= 11 is 0. The monoisotopic (exact) mass is 317 g/mol. The Morgan fingerprint density at radius 2 is 2.24 bits per heavy atom. The zero-order chi connectivity index (χ0) is 15.4. The minimum Gasteiger partial charge on any atom is -0.314 e. The third kappa shape index (κ3) is 2.27. The molecule has 0 spiro atoms. The van der Waals surface area contributed by atoms with Gasteiger partial charge in [0.2, 0.25) is 0 Å². The van der Waals surface area contributed by atoms with Crippen molar-refractivity contribution in [1.29, 1.82) is 0 Å². The number of fused-ring (bicyclic) bond motifs is 4. The molecule has 2 N–H and O–H groups in total. The zero-order valence-corrected chi connectivity index (χ0v) is 12.3. The first-order valence-corrected chi connectivity index (χ1v) is 7.62. The molecule has 2 bridgehead atoms. The molecule has 21 heavy (non-hydrogen) atoms. The van der Waals surface area contributed by atoms with Crippen molar-refractivity contribution < 1.29 is 22.0 Å². The van der Waals surface area contributed by atoms with Gasteiger partial charge < -0.3 is 10.2 Å². The second kappa shape index (κ2) is 4.66. The molecule has 116 valence electrons. The third-order valence-corrected chi connectivity index (χ3v) is 3.96. The van der Waals surface area contributed by atoms with Gasteiger partial charge in [0.25, 0.3) is 0 Å². The molecule has 2 aliphatic heterocycles. The number of carbonyl (C=O) groups excluding carboxylic acids is 1. The molecule has 11 heteroatoms. The lowest BCUT2D eigenvalue weighted by molar-refractivity contribution is -0.0318. The number of nitrogens with zero attached hydrogens (tertiary/aromatic N) is 4. The summed E-state index contributed by atoms with van der Waals surface area (Å²) in [5.41, 5.74) is 2.31. The molecule has 0 aromatic carbocycles. The Morgan fingerprint density at radius 1 is 1.52 bits per heavy atom. The van der Waals surface area contributed by atoms with Crippen molar-refractivity contribution in [3.63, 3.8) is 0 Å². The second-order valence-corrected chi connectivity index (χ2v) is 5.97. The first-order chi connectivity index (χ1) is 9.81. The molecular formula is C10H15N5O5S. The highest BCUT2D eigenvalue weighted by atomic mass is 32.3. The van der Waals surface area contributed by atoms with Gasteiger partial charge in [0, 0.05) is 19.2 Å². The molecule has 1 fully saturated rings. The molecule has 0 radical (unpaired) electrons. The average molecular weight is 317 g/mol. The number of aryl methyl sites for hydroxylation is 1. The standard InChI is InChI=1S/C10H15N5O5S/c1-11-3-6-9-7(13(2)12-6)4-14-5-8(9)15(10(14)16)20-21(17,18)19/h8,11H,3-5H2,1-2H3,(H,17,18,19). The highest BCUT2D eigenvalue weighted by molar-refractivity contribution is 7.80. The molecular weight excluding hydrogens is 302 g/mol. The molecule has 3 rings (SSSR count). The summed E-state index contributed by atoms with van der Waals surface area (Å²) in [6.45, 7) is 1.10. The minimum absolute atomic E-state index is 0.295. The normalized spacial score (nSPS) is 21.1. The van der Waals surface area contributed by atoms with Crippen molar-refractivity contribution in [1.82, 2.24) is 25.1 Å². The van der Waals surface area contributed by atoms with E-state index in [2.05, 4.69) is 14.7 Å². The van der Waals surface area contributed by atoms with Gasteiger partial charge in [0.15, 0.2) is 0 Å². The molecule has 2 aliphatic rings. The lowest BCUT2D eigenvalue weighted by Gasteiger charge is -2.23. The fraction of sp³-hybridized carbons (Fsp3) is 0.600. The minimum atomic E-state index is -4.76. The number of amides is 2. The number of aromatic nitrogens is 2. The number of rotatable bonds is 4. The lowest BCUT2D eigenvalue weighted by atomic mass is 10.0. The van der Waals surface area contributed by atoms with Crippen LogP contribution in [0.1, 0.15) is 23.0 Å². The number of carbonyl (C=O) groups is 1. The van der Waals surface area contributed by atoms with Crippen LogP contribution in [-0.2, 0) is 34.8 Å². The van der Waals surface area contributed by atoms with Gasteiger partial charge in [-0.25, -0.2) is 4.79 Å². The molecule has 1 saturated heterocycles. The lowest BCUT2D eigenvalue weighted by Crippen LogP contribution is -2.32. The van der Waals surface area contributed by atoms with Crippen LogP contribution in [0.3, 0.4) is 0 Å². The molecule has 0 saturated carbocycles. The van der Waals surface area contributed by atoms with Crippen LogP contribution >= 0.6 is 0 Å². The molecule has 2 amide bonds. The van der Waals surface area contributed by atoms with Crippen LogP contribution in [-0.4, -0.2) is 52.3 Å². The summed E-state index contributed by atoms with van der Waals surface area (Å²) in [7, 11) is -1.23. The van der Waals surface area contributed by atoms with E-state index in [0.29, 0.717) is 24.7 Å². The van der Waals surface area contributed by atoms with E-state index < -0.39 is 22.5 Å². The predicted octanol–water partition coefficient (Wildman–Crippen LogP) is -0.834. The molecule has 1 unspecified atom stereocenters. The summed E-state index contributed by atoms with van der Waals surface area (Å²) in [6, 6.07) is -1.20. The van der Waals surface area contributed by atoms with Crippen LogP contribution in [0.25, 0.3) is 0 Å². The van der Waals surface area contributed by atoms with Crippen LogP contribution in [0, 0.1) is 0 Å². The molecule has 1 aromatic rings. The Morgan fingerprint density at radius 3 is 2.86 bits per heavy atom. The van der Waals surface area contributed by atoms with E-state index in [1.54, 1.807) is 18.8 Å². The van der Waals surface area contributed by atoms with Gasteiger partial charge in [0.1, 0.15) is 6.04 Å². The highest BCUT2D eigenvalue weighted by Gasteiger charge is 2.48. The SMILES string of the molecule is CNCc1nn(C)c2c1C1CN(C2)C(=O)N1OS(=O)(=O)O. The van der Waals surface area contributed by atoms with Crippen molar-refractivity contribution in [3.05, 3.63) is 17.0 Å². The molecule has 3 heterocycles.